The van der Waals surface area contributed by atoms with Crippen molar-refractivity contribution in [1.82, 2.24) is 0 Å². The van der Waals surface area contributed by atoms with Gasteiger partial charge >= 0.3 is 5.63 Å². The van der Waals surface area contributed by atoms with Gasteiger partial charge in [-0.1, -0.05) is 6.42 Å². The van der Waals surface area contributed by atoms with Crippen LogP contribution >= 0.6 is 0 Å². The SMILES string of the molecule is CC(=O)C(C)Oc1ccc2c3c(c(=O)oc2c1C)CCCCC3. The van der Waals surface area contributed by atoms with E-state index in [-0.39, 0.29) is 11.4 Å². The van der Waals surface area contributed by atoms with Gasteiger partial charge in [-0.25, -0.2) is 4.79 Å². The van der Waals surface area contributed by atoms with E-state index in [1.54, 1.807) is 6.92 Å². The summed E-state index contributed by atoms with van der Waals surface area (Å²) in [5.41, 5.74) is 3.10. The maximum atomic E-state index is 12.4. The second kappa shape index (κ2) is 6.19. The van der Waals surface area contributed by atoms with E-state index in [1.165, 1.54) is 6.92 Å². The minimum Gasteiger partial charge on any atom is -0.483 e. The largest absolute Gasteiger partial charge is 0.483 e. The first-order chi connectivity index (χ1) is 11.0. The summed E-state index contributed by atoms with van der Waals surface area (Å²) in [7, 11) is 0. The molecule has 0 saturated heterocycles. The van der Waals surface area contributed by atoms with E-state index in [9.17, 15) is 9.59 Å². The van der Waals surface area contributed by atoms with Crippen LogP contribution in [0.1, 0.15) is 49.8 Å². The fraction of sp³-hybridized carbons (Fsp3) is 0.474. The third-order valence-corrected chi connectivity index (χ3v) is 4.72. The summed E-state index contributed by atoms with van der Waals surface area (Å²) in [6, 6.07) is 3.83. The van der Waals surface area contributed by atoms with Crippen molar-refractivity contribution in [2.24, 2.45) is 0 Å². The van der Waals surface area contributed by atoms with Crippen LogP contribution in [-0.2, 0) is 17.6 Å². The van der Waals surface area contributed by atoms with Crippen molar-refractivity contribution in [3.8, 4) is 5.75 Å². The van der Waals surface area contributed by atoms with E-state index < -0.39 is 6.10 Å². The van der Waals surface area contributed by atoms with Gasteiger partial charge in [-0.15, -0.1) is 0 Å². The number of benzene rings is 1. The van der Waals surface area contributed by atoms with E-state index in [1.807, 2.05) is 19.1 Å². The molecule has 2 aromatic rings. The number of hydrogen-bond donors (Lipinski definition) is 0. The Kier molecular flexibility index (Phi) is 4.24. The number of ether oxygens (including phenoxy) is 1. The molecular formula is C19H22O4. The third-order valence-electron chi connectivity index (χ3n) is 4.72. The Labute approximate surface area is 135 Å². The van der Waals surface area contributed by atoms with Crippen molar-refractivity contribution in [2.75, 3.05) is 0 Å². The molecule has 23 heavy (non-hydrogen) atoms. The molecule has 0 N–H and O–H groups in total. The normalized spacial score (nSPS) is 15.8. The lowest BCUT2D eigenvalue weighted by molar-refractivity contribution is -0.122. The van der Waals surface area contributed by atoms with Crippen molar-refractivity contribution >= 4 is 16.8 Å². The van der Waals surface area contributed by atoms with Crippen molar-refractivity contribution in [2.45, 2.75) is 59.0 Å². The molecule has 1 heterocycles. The summed E-state index contributed by atoms with van der Waals surface area (Å²) >= 11 is 0. The molecular weight excluding hydrogens is 292 g/mol. The zero-order valence-corrected chi connectivity index (χ0v) is 13.9. The van der Waals surface area contributed by atoms with Gasteiger partial charge in [-0.3, -0.25) is 4.79 Å². The summed E-state index contributed by atoms with van der Waals surface area (Å²) in [5, 5.41) is 1.00. The van der Waals surface area contributed by atoms with Gasteiger partial charge in [0, 0.05) is 16.5 Å². The Hall–Kier alpha value is -2.10. The van der Waals surface area contributed by atoms with Crippen molar-refractivity contribution < 1.29 is 13.9 Å². The van der Waals surface area contributed by atoms with Crippen LogP contribution in [0.25, 0.3) is 11.0 Å². The molecule has 0 fully saturated rings. The van der Waals surface area contributed by atoms with Crippen LogP contribution in [0.5, 0.6) is 5.75 Å². The van der Waals surface area contributed by atoms with Crippen LogP contribution in [0, 0.1) is 6.92 Å². The van der Waals surface area contributed by atoms with Crippen molar-refractivity contribution in [3.05, 3.63) is 39.2 Å². The lowest BCUT2D eigenvalue weighted by atomic mass is 9.98. The zero-order chi connectivity index (χ0) is 16.6. The highest BCUT2D eigenvalue weighted by Gasteiger charge is 2.20. The molecule has 4 nitrogen and oxygen atoms in total. The van der Waals surface area contributed by atoms with E-state index in [0.717, 1.165) is 54.2 Å². The monoisotopic (exact) mass is 314 g/mol. The molecule has 1 aliphatic rings. The summed E-state index contributed by atoms with van der Waals surface area (Å²) in [6.45, 7) is 5.09. The van der Waals surface area contributed by atoms with Crippen molar-refractivity contribution in [1.29, 1.82) is 0 Å². The number of carbonyl (C=O) groups is 1. The lowest BCUT2D eigenvalue weighted by Crippen LogP contribution is -2.21. The Morgan fingerprint density at radius 1 is 1.17 bits per heavy atom. The van der Waals surface area contributed by atoms with Crippen LogP contribution < -0.4 is 10.4 Å². The average molecular weight is 314 g/mol. The average Bonchev–Trinajstić information content (AvgIpc) is 2.77. The number of ketones is 1. The van der Waals surface area contributed by atoms with Gasteiger partial charge in [0.25, 0.3) is 0 Å². The molecule has 1 aliphatic carbocycles. The van der Waals surface area contributed by atoms with Crippen LogP contribution in [0.3, 0.4) is 0 Å². The molecule has 1 aromatic heterocycles. The Bertz CT molecular complexity index is 816. The Balaban J connectivity index is 2.15. The first kappa shape index (κ1) is 15.8. The quantitative estimate of drug-likeness (QED) is 0.640. The third kappa shape index (κ3) is 2.90. The molecule has 0 saturated carbocycles. The standard InChI is InChI=1S/C19H22O4/c1-11-17(22-13(3)12(2)20)10-9-15-14-7-5-4-6-8-16(14)19(21)23-18(11)15/h9-10,13H,4-8H2,1-3H3. The summed E-state index contributed by atoms with van der Waals surface area (Å²) in [4.78, 5) is 23.8. The van der Waals surface area contributed by atoms with Gasteiger partial charge in [-0.2, -0.15) is 0 Å². The Morgan fingerprint density at radius 2 is 1.87 bits per heavy atom. The molecule has 0 bridgehead atoms. The van der Waals surface area contributed by atoms with Gasteiger partial charge < -0.3 is 9.15 Å². The fourth-order valence-electron chi connectivity index (χ4n) is 3.20. The van der Waals surface area contributed by atoms with Gasteiger partial charge in [-0.05, 0) is 64.2 Å². The molecule has 4 heteroatoms. The minimum absolute atomic E-state index is 0.0344. The molecule has 0 spiro atoms. The second-order valence-electron chi connectivity index (χ2n) is 6.34. The fourth-order valence-corrected chi connectivity index (χ4v) is 3.20. The maximum absolute atomic E-state index is 12.4. The molecule has 1 atom stereocenters. The second-order valence-corrected chi connectivity index (χ2v) is 6.34. The number of fused-ring (bicyclic) bond motifs is 3. The van der Waals surface area contributed by atoms with Gasteiger partial charge in [0.1, 0.15) is 11.3 Å². The molecule has 0 radical (unpaired) electrons. The van der Waals surface area contributed by atoms with Crippen LogP contribution in [0.2, 0.25) is 0 Å². The molecule has 122 valence electrons. The summed E-state index contributed by atoms with van der Waals surface area (Å²) in [6.07, 6.45) is 4.49. The highest BCUT2D eigenvalue weighted by atomic mass is 16.5. The molecule has 1 aromatic carbocycles. The number of carbonyl (C=O) groups excluding carboxylic acids is 1. The molecule has 0 aliphatic heterocycles. The number of hydrogen-bond acceptors (Lipinski definition) is 4. The van der Waals surface area contributed by atoms with E-state index in [0.29, 0.717) is 11.3 Å². The van der Waals surface area contributed by atoms with E-state index in [2.05, 4.69) is 0 Å². The van der Waals surface area contributed by atoms with Gasteiger partial charge in [0.15, 0.2) is 11.9 Å². The predicted octanol–water partition coefficient (Wildman–Crippen LogP) is 3.73. The molecule has 3 rings (SSSR count). The smallest absolute Gasteiger partial charge is 0.339 e. The number of rotatable bonds is 3. The minimum atomic E-state index is -0.515. The van der Waals surface area contributed by atoms with Crippen LogP contribution in [0.15, 0.2) is 21.3 Å². The first-order valence-electron chi connectivity index (χ1n) is 8.24. The van der Waals surface area contributed by atoms with Crippen LogP contribution in [-0.4, -0.2) is 11.9 Å². The first-order valence-corrected chi connectivity index (χ1v) is 8.24. The number of aryl methyl sites for hydroxylation is 2. The summed E-state index contributed by atoms with van der Waals surface area (Å²) in [5.74, 6) is 0.560. The maximum Gasteiger partial charge on any atom is 0.339 e. The van der Waals surface area contributed by atoms with Gasteiger partial charge in [0.2, 0.25) is 0 Å². The van der Waals surface area contributed by atoms with E-state index in [4.69, 9.17) is 9.15 Å². The Morgan fingerprint density at radius 3 is 2.57 bits per heavy atom. The van der Waals surface area contributed by atoms with Crippen LogP contribution in [0.4, 0.5) is 0 Å². The predicted molar refractivity (Wildman–Crippen MR) is 89.3 cm³/mol. The topological polar surface area (TPSA) is 56.5 Å². The highest BCUT2D eigenvalue weighted by Crippen LogP contribution is 2.32. The lowest BCUT2D eigenvalue weighted by Gasteiger charge is -2.16. The zero-order valence-electron chi connectivity index (χ0n) is 13.9. The van der Waals surface area contributed by atoms with E-state index >= 15 is 0 Å². The molecule has 1 unspecified atom stereocenters. The summed E-state index contributed by atoms with van der Waals surface area (Å²) < 4.78 is 11.3. The highest BCUT2D eigenvalue weighted by molar-refractivity contribution is 5.86. The molecule has 0 amide bonds. The van der Waals surface area contributed by atoms with Crippen molar-refractivity contribution in [3.63, 3.8) is 0 Å². The van der Waals surface area contributed by atoms with Gasteiger partial charge in [0.05, 0.1) is 0 Å². The number of Topliss-reactive ketones (excluding diaryl/α,β-unsaturated/α-hetero) is 1.